The molecule has 0 heterocycles. The predicted octanol–water partition coefficient (Wildman–Crippen LogP) is -5.22. The van der Waals surface area contributed by atoms with E-state index in [1.165, 1.54) is 0 Å². The molecule has 0 aliphatic rings. The van der Waals surface area contributed by atoms with Crippen molar-refractivity contribution in [3.05, 3.63) is 0 Å². The molecule has 50 valence electrons. The molecule has 0 aromatic heterocycles. The summed E-state index contributed by atoms with van der Waals surface area (Å²) in [6.45, 7) is 2.40. The molecular formula is C4H10F2OTi. The molecule has 0 spiro atoms. The normalized spacial score (nSPS) is 5.25. The van der Waals surface area contributed by atoms with Crippen LogP contribution in [-0.2, 0) is 21.7 Å². The van der Waals surface area contributed by atoms with Crippen molar-refractivity contribution in [3.8, 4) is 0 Å². The second-order valence-electron chi connectivity index (χ2n) is 1.08. The molecule has 1 nitrogen and oxygen atoms in total. The van der Waals surface area contributed by atoms with Crippen molar-refractivity contribution < 1.29 is 36.2 Å². The minimum atomic E-state index is 0. The van der Waals surface area contributed by atoms with Crippen LogP contribution in [0.25, 0.3) is 0 Å². The Morgan fingerprint density at radius 1 is 1.25 bits per heavy atom. The Morgan fingerprint density at radius 2 is 1.62 bits per heavy atom. The van der Waals surface area contributed by atoms with Gasteiger partial charge in [0.2, 0.25) is 0 Å². The van der Waals surface area contributed by atoms with Crippen molar-refractivity contribution in [1.29, 1.82) is 0 Å². The smallest absolute Gasteiger partial charge is 1.00 e. The maximum absolute atomic E-state index is 8.07. The molecule has 0 radical (unpaired) electrons. The van der Waals surface area contributed by atoms with E-state index in [4.69, 9.17) is 5.11 Å². The maximum atomic E-state index is 8.07. The Hall–Kier alpha value is 0.534. The molecule has 0 aromatic carbocycles. The van der Waals surface area contributed by atoms with Gasteiger partial charge in [0, 0.05) is 6.61 Å². The first-order valence-corrected chi connectivity index (χ1v) is 2.02. The molecule has 0 atom stereocenters. The zero-order chi connectivity index (χ0) is 4.12. The Labute approximate surface area is 63.1 Å². The summed E-state index contributed by atoms with van der Waals surface area (Å²) in [5, 5.41) is 8.07. The molecule has 0 bridgehead atoms. The van der Waals surface area contributed by atoms with E-state index in [-0.39, 0.29) is 31.1 Å². The van der Waals surface area contributed by atoms with Gasteiger partial charge in [-0.2, -0.15) is 0 Å². The van der Waals surface area contributed by atoms with Crippen molar-refractivity contribution in [2.75, 3.05) is 6.61 Å². The third-order valence-corrected chi connectivity index (χ3v) is 0.512. The standard InChI is InChI=1S/C4H10O.2FH.Ti/c1-2-3-4-5;;;/h5H,2-4H2,1H3;2*1H;/q;;;+2/p-2. The van der Waals surface area contributed by atoms with Crippen LogP contribution in [0.4, 0.5) is 0 Å². The second kappa shape index (κ2) is 25.8. The van der Waals surface area contributed by atoms with Crippen LogP contribution in [0.15, 0.2) is 0 Å². The van der Waals surface area contributed by atoms with Gasteiger partial charge in [-0.25, -0.2) is 0 Å². The van der Waals surface area contributed by atoms with Gasteiger partial charge >= 0.3 is 21.7 Å². The summed E-state index contributed by atoms with van der Waals surface area (Å²) >= 11 is 0. The number of aliphatic hydroxyl groups is 1. The molecule has 0 amide bonds. The van der Waals surface area contributed by atoms with Gasteiger partial charge in [0.25, 0.3) is 0 Å². The predicted molar refractivity (Wildman–Crippen MR) is 22.0 cm³/mol. The third kappa shape index (κ3) is 31.2. The molecule has 0 aromatic rings. The summed E-state index contributed by atoms with van der Waals surface area (Å²) in [7, 11) is 0. The second-order valence-corrected chi connectivity index (χ2v) is 1.08. The van der Waals surface area contributed by atoms with E-state index >= 15 is 0 Å². The Balaban J connectivity index is -0.0000000267. The zero-order valence-electron chi connectivity index (χ0n) is 4.82. The number of hydrogen-bond acceptors (Lipinski definition) is 1. The summed E-state index contributed by atoms with van der Waals surface area (Å²) in [6.07, 6.45) is 2.04. The van der Waals surface area contributed by atoms with Crippen LogP contribution in [0.5, 0.6) is 0 Å². The van der Waals surface area contributed by atoms with Gasteiger partial charge in [0.15, 0.2) is 0 Å². The largest absolute Gasteiger partial charge is 2.00 e. The number of hydrogen-bond donors (Lipinski definition) is 1. The van der Waals surface area contributed by atoms with E-state index in [0.29, 0.717) is 6.61 Å². The SMILES string of the molecule is CCCCO.[F-].[F-].[Ti+2]. The molecule has 0 rings (SSSR count). The van der Waals surface area contributed by atoms with Gasteiger partial charge in [-0.15, -0.1) is 0 Å². The molecule has 0 aliphatic heterocycles. The molecule has 0 aliphatic carbocycles. The van der Waals surface area contributed by atoms with Crippen LogP contribution in [0.1, 0.15) is 19.8 Å². The number of rotatable bonds is 2. The minimum absolute atomic E-state index is 0. The van der Waals surface area contributed by atoms with Crippen LogP contribution in [0, 0.1) is 0 Å². The van der Waals surface area contributed by atoms with Crippen LogP contribution in [0.3, 0.4) is 0 Å². The maximum Gasteiger partial charge on any atom is 2.00 e. The number of unbranched alkanes of at least 4 members (excludes halogenated alkanes) is 1. The van der Waals surface area contributed by atoms with Crippen molar-refractivity contribution >= 4 is 0 Å². The molecule has 0 unspecified atom stereocenters. The first-order valence-electron chi connectivity index (χ1n) is 2.02. The molecule has 4 heteroatoms. The van der Waals surface area contributed by atoms with E-state index in [1.807, 2.05) is 0 Å². The van der Waals surface area contributed by atoms with Crippen molar-refractivity contribution in [1.82, 2.24) is 0 Å². The van der Waals surface area contributed by atoms with Crippen LogP contribution in [-0.4, -0.2) is 11.7 Å². The van der Waals surface area contributed by atoms with E-state index in [2.05, 4.69) is 6.92 Å². The third-order valence-electron chi connectivity index (χ3n) is 0.512. The van der Waals surface area contributed by atoms with Crippen molar-refractivity contribution in [2.45, 2.75) is 19.8 Å². The van der Waals surface area contributed by atoms with E-state index in [9.17, 15) is 0 Å². The first kappa shape index (κ1) is 23.6. The quantitative estimate of drug-likeness (QED) is 0.400. The van der Waals surface area contributed by atoms with E-state index < -0.39 is 0 Å². The van der Waals surface area contributed by atoms with Gasteiger partial charge in [0.1, 0.15) is 0 Å². The molecular weight excluding hydrogens is 150 g/mol. The fraction of sp³-hybridized carbons (Fsp3) is 1.00. The Bertz CT molecular complexity index is 21.5. The zero-order valence-corrected chi connectivity index (χ0v) is 6.39. The van der Waals surface area contributed by atoms with Crippen molar-refractivity contribution in [2.24, 2.45) is 0 Å². The summed E-state index contributed by atoms with van der Waals surface area (Å²) in [4.78, 5) is 0. The summed E-state index contributed by atoms with van der Waals surface area (Å²) in [5.74, 6) is 0. The van der Waals surface area contributed by atoms with Gasteiger partial charge in [0.05, 0.1) is 0 Å². The Morgan fingerprint density at radius 3 is 1.62 bits per heavy atom. The van der Waals surface area contributed by atoms with Crippen LogP contribution < -0.4 is 9.41 Å². The van der Waals surface area contributed by atoms with Gasteiger partial charge in [-0.3, -0.25) is 0 Å². The minimum Gasteiger partial charge on any atom is -1.00 e. The molecule has 8 heavy (non-hydrogen) atoms. The molecule has 0 saturated heterocycles. The van der Waals surface area contributed by atoms with Gasteiger partial charge in [-0.05, 0) is 6.42 Å². The van der Waals surface area contributed by atoms with E-state index in [0.717, 1.165) is 12.8 Å². The van der Waals surface area contributed by atoms with Crippen molar-refractivity contribution in [3.63, 3.8) is 0 Å². The average molecular weight is 160 g/mol. The average Bonchev–Trinajstić information content (AvgIpc) is 1.41. The molecule has 1 N–H and O–H groups in total. The Kier molecular flexibility index (Phi) is 75.9. The van der Waals surface area contributed by atoms with Crippen LogP contribution >= 0.6 is 0 Å². The monoisotopic (exact) mass is 160 g/mol. The van der Waals surface area contributed by atoms with Crippen LogP contribution in [0.2, 0.25) is 0 Å². The molecule has 0 fully saturated rings. The fourth-order valence-corrected chi connectivity index (χ4v) is 0.158. The topological polar surface area (TPSA) is 20.2 Å². The summed E-state index contributed by atoms with van der Waals surface area (Å²) < 4.78 is 0. The van der Waals surface area contributed by atoms with Gasteiger partial charge < -0.3 is 14.5 Å². The molecule has 0 saturated carbocycles. The van der Waals surface area contributed by atoms with E-state index in [1.54, 1.807) is 0 Å². The fourth-order valence-electron chi connectivity index (χ4n) is 0.158. The number of aliphatic hydroxyl groups excluding tert-OH is 1. The summed E-state index contributed by atoms with van der Waals surface area (Å²) in [5.41, 5.74) is 0. The number of halogens is 2. The first-order chi connectivity index (χ1) is 2.41. The van der Waals surface area contributed by atoms with Gasteiger partial charge in [-0.1, -0.05) is 13.3 Å². The summed E-state index contributed by atoms with van der Waals surface area (Å²) in [6, 6.07) is 0.